The molecule has 0 radical (unpaired) electrons. The summed E-state index contributed by atoms with van der Waals surface area (Å²) in [5.74, 6) is -0.504. The van der Waals surface area contributed by atoms with Crippen LogP contribution in [0.2, 0.25) is 0 Å². The van der Waals surface area contributed by atoms with E-state index in [9.17, 15) is 18.0 Å². The Morgan fingerprint density at radius 3 is 2.28 bits per heavy atom. The molecule has 2 aliphatic rings. The van der Waals surface area contributed by atoms with Crippen molar-refractivity contribution >= 4 is 27.6 Å². The van der Waals surface area contributed by atoms with E-state index in [1.54, 1.807) is 0 Å². The van der Waals surface area contributed by atoms with E-state index >= 15 is 0 Å². The van der Waals surface area contributed by atoms with Gasteiger partial charge in [0.25, 0.3) is 15.9 Å². The highest BCUT2D eigenvalue weighted by atomic mass is 32.2. The number of aryl methyl sites for hydroxylation is 2. The number of aromatic nitrogens is 2. The summed E-state index contributed by atoms with van der Waals surface area (Å²) in [5, 5.41) is 11.7. The van der Waals surface area contributed by atoms with E-state index in [0.717, 1.165) is 67.6 Å². The van der Waals surface area contributed by atoms with Gasteiger partial charge in [-0.05, 0) is 66.8 Å². The van der Waals surface area contributed by atoms with Crippen LogP contribution in [0.5, 0.6) is 0 Å². The van der Waals surface area contributed by atoms with Gasteiger partial charge in [0, 0.05) is 12.7 Å². The van der Waals surface area contributed by atoms with E-state index < -0.39 is 27.0 Å². The number of carbonyl (C=O) groups excluding carboxylic acids is 2. The Kier molecular flexibility index (Phi) is 4.95. The molecule has 0 saturated carbocycles. The Labute approximate surface area is 168 Å². The standard InChI is InChI=1S/C19H21N5O4S/c1-20-18(25)13-9-16(23-21-10-13)29(27,28)24-19(26)22-17-14-6-2-4-11(14)8-12-5-3-7-15(12)17/h8-10H,2-7H2,1H3,(H,20,25)(H2,22,24,26). The van der Waals surface area contributed by atoms with Crippen molar-refractivity contribution < 1.29 is 18.0 Å². The fraction of sp³-hybridized carbons (Fsp3) is 0.368. The third-order valence-electron chi connectivity index (χ3n) is 5.34. The molecule has 3 amide bonds. The molecule has 4 rings (SSSR count). The topological polar surface area (TPSA) is 130 Å². The van der Waals surface area contributed by atoms with E-state index in [4.69, 9.17) is 0 Å². The number of benzene rings is 1. The molecule has 0 bridgehead atoms. The van der Waals surface area contributed by atoms with Gasteiger partial charge in [-0.3, -0.25) is 4.79 Å². The smallest absolute Gasteiger partial charge is 0.333 e. The van der Waals surface area contributed by atoms with Gasteiger partial charge in [-0.25, -0.2) is 9.52 Å². The number of carbonyl (C=O) groups is 2. The van der Waals surface area contributed by atoms with E-state index in [0.29, 0.717) is 0 Å². The van der Waals surface area contributed by atoms with Crippen LogP contribution in [-0.4, -0.2) is 37.6 Å². The molecule has 9 nitrogen and oxygen atoms in total. The van der Waals surface area contributed by atoms with Crippen molar-refractivity contribution in [3.8, 4) is 0 Å². The van der Waals surface area contributed by atoms with E-state index in [2.05, 4.69) is 26.9 Å². The predicted molar refractivity (Wildman–Crippen MR) is 105 cm³/mol. The van der Waals surface area contributed by atoms with E-state index in [1.807, 2.05) is 4.72 Å². The molecule has 0 atom stereocenters. The summed E-state index contributed by atoms with van der Waals surface area (Å²) < 4.78 is 27.1. The summed E-state index contributed by atoms with van der Waals surface area (Å²) in [4.78, 5) is 24.2. The average Bonchev–Trinajstić information content (AvgIpc) is 3.36. The van der Waals surface area contributed by atoms with Gasteiger partial charge < -0.3 is 10.6 Å². The number of fused-ring (bicyclic) bond motifs is 2. The first-order valence-electron chi connectivity index (χ1n) is 9.44. The van der Waals surface area contributed by atoms with Crippen molar-refractivity contribution in [1.29, 1.82) is 0 Å². The molecule has 0 unspecified atom stereocenters. The molecule has 1 heterocycles. The lowest BCUT2D eigenvalue weighted by Crippen LogP contribution is -2.35. The molecule has 2 aliphatic carbocycles. The van der Waals surface area contributed by atoms with Gasteiger partial charge in [0.15, 0.2) is 5.03 Å². The van der Waals surface area contributed by atoms with Crippen molar-refractivity contribution in [2.24, 2.45) is 0 Å². The van der Waals surface area contributed by atoms with Crippen molar-refractivity contribution in [3.05, 3.63) is 46.1 Å². The molecule has 0 aliphatic heterocycles. The highest BCUT2D eigenvalue weighted by molar-refractivity contribution is 7.90. The number of anilines is 1. The van der Waals surface area contributed by atoms with Crippen LogP contribution in [0, 0.1) is 0 Å². The van der Waals surface area contributed by atoms with Crippen LogP contribution in [0.3, 0.4) is 0 Å². The lowest BCUT2D eigenvalue weighted by atomic mass is 9.99. The second kappa shape index (κ2) is 7.43. The van der Waals surface area contributed by atoms with Crippen molar-refractivity contribution in [2.75, 3.05) is 12.4 Å². The van der Waals surface area contributed by atoms with Crippen LogP contribution < -0.4 is 15.4 Å². The number of sulfonamides is 1. The first kappa shape index (κ1) is 19.3. The normalized spacial score (nSPS) is 14.8. The second-order valence-electron chi connectivity index (χ2n) is 7.16. The maximum atomic E-state index is 12.6. The molecule has 0 saturated heterocycles. The summed E-state index contributed by atoms with van der Waals surface area (Å²) >= 11 is 0. The van der Waals surface area contributed by atoms with Gasteiger partial charge in [0.1, 0.15) is 0 Å². The summed E-state index contributed by atoms with van der Waals surface area (Å²) in [6.45, 7) is 0. The van der Waals surface area contributed by atoms with Gasteiger partial charge in [0.05, 0.1) is 11.8 Å². The highest BCUT2D eigenvalue weighted by Gasteiger charge is 2.27. The summed E-state index contributed by atoms with van der Waals surface area (Å²) in [6, 6.07) is 2.44. The molecule has 2 aromatic rings. The lowest BCUT2D eigenvalue weighted by Gasteiger charge is -2.16. The molecule has 10 heteroatoms. The van der Waals surface area contributed by atoms with Crippen LogP contribution in [0.4, 0.5) is 10.5 Å². The van der Waals surface area contributed by atoms with Crippen LogP contribution in [0.15, 0.2) is 23.4 Å². The molecular formula is C19H21N5O4S. The zero-order valence-electron chi connectivity index (χ0n) is 15.9. The van der Waals surface area contributed by atoms with E-state index in [-0.39, 0.29) is 5.56 Å². The first-order valence-corrected chi connectivity index (χ1v) is 10.9. The molecule has 1 aromatic carbocycles. The fourth-order valence-electron chi connectivity index (χ4n) is 4.03. The largest absolute Gasteiger partial charge is 0.355 e. The Bertz CT molecular complexity index is 1080. The molecule has 3 N–H and O–H groups in total. The summed E-state index contributed by atoms with van der Waals surface area (Å²) in [6.07, 6.45) is 6.87. The van der Waals surface area contributed by atoms with Gasteiger partial charge in [-0.15, -0.1) is 5.10 Å². The number of urea groups is 1. The first-order chi connectivity index (χ1) is 13.9. The lowest BCUT2D eigenvalue weighted by molar-refractivity contribution is 0.0962. The number of nitrogens with zero attached hydrogens (tertiary/aromatic N) is 2. The minimum atomic E-state index is -4.29. The maximum absolute atomic E-state index is 12.6. The van der Waals surface area contributed by atoms with Crippen LogP contribution in [-0.2, 0) is 35.7 Å². The third-order valence-corrected chi connectivity index (χ3v) is 6.54. The number of hydrogen-bond donors (Lipinski definition) is 3. The number of hydrogen-bond acceptors (Lipinski definition) is 6. The van der Waals surface area contributed by atoms with E-state index in [1.165, 1.54) is 18.2 Å². The zero-order chi connectivity index (χ0) is 20.6. The van der Waals surface area contributed by atoms with Crippen LogP contribution in [0.1, 0.15) is 45.5 Å². The highest BCUT2D eigenvalue weighted by Crippen LogP contribution is 2.38. The van der Waals surface area contributed by atoms with Crippen molar-refractivity contribution in [1.82, 2.24) is 20.2 Å². The molecule has 152 valence electrons. The van der Waals surface area contributed by atoms with Crippen LogP contribution >= 0.6 is 0 Å². The number of nitrogens with one attached hydrogen (secondary N) is 3. The molecule has 0 fully saturated rings. The Balaban J connectivity index is 1.58. The average molecular weight is 415 g/mol. The second-order valence-corrected chi connectivity index (χ2v) is 8.78. The zero-order valence-corrected chi connectivity index (χ0v) is 16.7. The molecule has 1 aromatic heterocycles. The molecule has 0 spiro atoms. The van der Waals surface area contributed by atoms with Gasteiger partial charge in [-0.2, -0.15) is 13.5 Å². The van der Waals surface area contributed by atoms with Crippen molar-refractivity contribution in [2.45, 2.75) is 43.6 Å². The minimum absolute atomic E-state index is 0.0296. The van der Waals surface area contributed by atoms with Gasteiger partial charge >= 0.3 is 6.03 Å². The summed E-state index contributed by atoms with van der Waals surface area (Å²) in [5.41, 5.74) is 5.42. The number of amides is 3. The Morgan fingerprint density at radius 2 is 1.66 bits per heavy atom. The maximum Gasteiger partial charge on any atom is 0.333 e. The minimum Gasteiger partial charge on any atom is -0.355 e. The Morgan fingerprint density at radius 1 is 1.00 bits per heavy atom. The SMILES string of the molecule is CNC(=O)c1cnnc(S(=O)(=O)NC(=O)Nc2c3c(cc4c2CCC4)CCC3)c1. The quantitative estimate of drug-likeness (QED) is 0.691. The van der Waals surface area contributed by atoms with Gasteiger partial charge in [-0.1, -0.05) is 6.07 Å². The third kappa shape index (κ3) is 3.67. The summed E-state index contributed by atoms with van der Waals surface area (Å²) in [7, 11) is -2.87. The number of rotatable bonds is 4. The molecular weight excluding hydrogens is 394 g/mol. The fourth-order valence-corrected chi connectivity index (χ4v) is 4.86. The molecule has 29 heavy (non-hydrogen) atoms. The van der Waals surface area contributed by atoms with Crippen molar-refractivity contribution in [3.63, 3.8) is 0 Å². The monoisotopic (exact) mass is 415 g/mol. The Hall–Kier alpha value is -3.01. The van der Waals surface area contributed by atoms with Crippen LogP contribution in [0.25, 0.3) is 0 Å². The van der Waals surface area contributed by atoms with Gasteiger partial charge in [0.2, 0.25) is 0 Å². The predicted octanol–water partition coefficient (Wildman–Crippen LogP) is 1.32.